The first-order chi connectivity index (χ1) is 29.7. The van der Waals surface area contributed by atoms with Crippen molar-refractivity contribution in [3.8, 4) is 56.0 Å². The van der Waals surface area contributed by atoms with Crippen LogP contribution < -0.4 is 0 Å². The van der Waals surface area contributed by atoms with Crippen molar-refractivity contribution >= 4 is 54.5 Å². The molecule has 60 heavy (non-hydrogen) atoms. The second-order valence-electron chi connectivity index (χ2n) is 15.4. The molecule has 0 saturated carbocycles. The van der Waals surface area contributed by atoms with E-state index in [1.165, 1.54) is 49.2 Å². The Morgan fingerprint density at radius 3 is 1.48 bits per heavy atom. The van der Waals surface area contributed by atoms with Gasteiger partial charge in [0.15, 0.2) is 0 Å². The minimum absolute atomic E-state index is 0.936. The molecule has 12 aromatic rings. The highest BCUT2D eigenvalue weighted by molar-refractivity contribution is 6.12. The first-order valence-corrected chi connectivity index (χ1v) is 20.4. The Morgan fingerprint density at radius 2 is 0.833 bits per heavy atom. The van der Waals surface area contributed by atoms with Crippen LogP contribution in [0.15, 0.2) is 219 Å². The average molecular weight is 765 g/mol. The van der Waals surface area contributed by atoms with Gasteiger partial charge in [0.2, 0.25) is 0 Å². The number of para-hydroxylation sites is 4. The van der Waals surface area contributed by atoms with Crippen LogP contribution in [0.25, 0.3) is 111 Å². The number of pyridine rings is 2. The van der Waals surface area contributed by atoms with Gasteiger partial charge in [0.25, 0.3) is 0 Å². The third-order valence-electron chi connectivity index (χ3n) is 12.0. The summed E-state index contributed by atoms with van der Waals surface area (Å²) in [6.07, 6.45) is 3.75. The Balaban J connectivity index is 1.05. The molecule has 0 spiro atoms. The van der Waals surface area contributed by atoms with Gasteiger partial charge < -0.3 is 9.13 Å². The zero-order valence-corrected chi connectivity index (χ0v) is 32.6. The fourth-order valence-electron chi connectivity index (χ4n) is 9.19. The highest BCUT2D eigenvalue weighted by Crippen LogP contribution is 2.40. The highest BCUT2D eigenvalue weighted by atomic mass is 15.0. The second-order valence-corrected chi connectivity index (χ2v) is 15.4. The van der Waals surface area contributed by atoms with Crippen LogP contribution in [0.2, 0.25) is 0 Å². The molecule has 0 radical (unpaired) electrons. The SMILES string of the molecule is c1ccc(-n2c3ccccc3c3cc(-c4ccc5nc(-c6ccc7c(c6)c6ccccc6n7-c6ccccc6)cc(-c6cccc(-c7cccnc7)c6)c5c4)ccc32)cc1. The number of hydrogen-bond donors (Lipinski definition) is 0. The van der Waals surface area contributed by atoms with Crippen LogP contribution in [0.5, 0.6) is 0 Å². The first-order valence-electron chi connectivity index (χ1n) is 20.4. The van der Waals surface area contributed by atoms with Crippen LogP contribution in [0.4, 0.5) is 0 Å². The van der Waals surface area contributed by atoms with Crippen molar-refractivity contribution in [3.05, 3.63) is 219 Å². The molecule has 0 N–H and O–H groups in total. The fourth-order valence-corrected chi connectivity index (χ4v) is 9.19. The molecule has 8 aromatic carbocycles. The molecule has 4 heterocycles. The van der Waals surface area contributed by atoms with E-state index in [9.17, 15) is 0 Å². The van der Waals surface area contributed by atoms with Crippen molar-refractivity contribution < 1.29 is 0 Å². The summed E-state index contributed by atoms with van der Waals surface area (Å²) < 4.78 is 4.72. The van der Waals surface area contributed by atoms with Gasteiger partial charge in [0.1, 0.15) is 0 Å². The maximum Gasteiger partial charge on any atom is 0.0716 e. The second kappa shape index (κ2) is 13.8. The van der Waals surface area contributed by atoms with Crippen molar-refractivity contribution in [2.24, 2.45) is 0 Å². The van der Waals surface area contributed by atoms with Crippen LogP contribution in [0, 0.1) is 0 Å². The van der Waals surface area contributed by atoms with Crippen molar-refractivity contribution in [2.75, 3.05) is 0 Å². The number of rotatable bonds is 6. The van der Waals surface area contributed by atoms with E-state index in [1.807, 2.05) is 18.5 Å². The maximum absolute atomic E-state index is 5.41. The number of benzene rings is 8. The quantitative estimate of drug-likeness (QED) is 0.169. The molecule has 0 aliphatic carbocycles. The molecule has 0 bridgehead atoms. The maximum atomic E-state index is 5.41. The molecular formula is C56H36N4. The molecule has 4 aromatic heterocycles. The van der Waals surface area contributed by atoms with Gasteiger partial charge in [-0.1, -0.05) is 115 Å². The molecule has 4 nitrogen and oxygen atoms in total. The summed E-state index contributed by atoms with van der Waals surface area (Å²) in [5, 5.41) is 5.99. The van der Waals surface area contributed by atoms with Gasteiger partial charge in [-0.3, -0.25) is 4.98 Å². The molecule has 4 heteroatoms. The molecule has 0 aliphatic heterocycles. The first kappa shape index (κ1) is 34.0. The lowest BCUT2D eigenvalue weighted by molar-refractivity contribution is 1.18. The summed E-state index contributed by atoms with van der Waals surface area (Å²) in [5.41, 5.74) is 16.8. The Hall–Kier alpha value is -8.08. The molecular weight excluding hydrogens is 729 g/mol. The topological polar surface area (TPSA) is 35.6 Å². The molecule has 0 atom stereocenters. The zero-order valence-electron chi connectivity index (χ0n) is 32.6. The number of hydrogen-bond acceptors (Lipinski definition) is 2. The van der Waals surface area contributed by atoms with Crippen LogP contribution in [0.1, 0.15) is 0 Å². The van der Waals surface area contributed by atoms with E-state index in [2.05, 4.69) is 214 Å². The fraction of sp³-hybridized carbons (Fsp3) is 0. The summed E-state index contributed by atoms with van der Waals surface area (Å²) in [6, 6.07) is 74.2. The van der Waals surface area contributed by atoms with Crippen LogP contribution in [-0.2, 0) is 0 Å². The summed E-state index contributed by atoms with van der Waals surface area (Å²) in [5.74, 6) is 0. The monoisotopic (exact) mass is 764 g/mol. The lowest BCUT2D eigenvalue weighted by Crippen LogP contribution is -1.94. The summed E-state index contributed by atoms with van der Waals surface area (Å²) in [7, 11) is 0. The summed E-state index contributed by atoms with van der Waals surface area (Å²) >= 11 is 0. The van der Waals surface area contributed by atoms with E-state index in [-0.39, 0.29) is 0 Å². The number of aromatic nitrogens is 4. The third-order valence-corrected chi connectivity index (χ3v) is 12.0. The average Bonchev–Trinajstić information content (AvgIpc) is 3.84. The summed E-state index contributed by atoms with van der Waals surface area (Å²) in [4.78, 5) is 9.83. The molecule has 280 valence electrons. The van der Waals surface area contributed by atoms with E-state index in [4.69, 9.17) is 4.98 Å². The highest BCUT2D eigenvalue weighted by Gasteiger charge is 2.18. The van der Waals surface area contributed by atoms with Crippen LogP contribution in [0.3, 0.4) is 0 Å². The van der Waals surface area contributed by atoms with Crippen molar-refractivity contribution in [3.63, 3.8) is 0 Å². The van der Waals surface area contributed by atoms with Gasteiger partial charge in [0, 0.05) is 61.8 Å². The van der Waals surface area contributed by atoms with Crippen LogP contribution >= 0.6 is 0 Å². The zero-order chi connectivity index (χ0) is 39.6. The third kappa shape index (κ3) is 5.53. The molecule has 0 fully saturated rings. The molecule has 0 aliphatic rings. The van der Waals surface area contributed by atoms with E-state index in [0.29, 0.717) is 0 Å². The lowest BCUT2D eigenvalue weighted by atomic mass is 9.93. The summed E-state index contributed by atoms with van der Waals surface area (Å²) in [6.45, 7) is 0. The standard InChI is InChI=1S/C56H36N4/c1-3-16-43(17-4-1)59-53-22-9-7-20-45(53)49-33-39(25-28-55(49)59)38-24-27-51-48(32-38)47(40-14-11-13-37(31-40)42-15-12-30-57-36-42)35-52(58-51)41-26-29-56-50(34-41)46-21-8-10-23-54(46)60(56)44-18-5-2-6-19-44/h1-36H. The van der Waals surface area contributed by atoms with Gasteiger partial charge >= 0.3 is 0 Å². The molecule has 0 unspecified atom stereocenters. The Kier molecular flexibility index (Phi) is 7.82. The van der Waals surface area contributed by atoms with Crippen molar-refractivity contribution in [1.82, 2.24) is 19.1 Å². The Bertz CT molecular complexity index is 3580. The van der Waals surface area contributed by atoms with Gasteiger partial charge in [0.05, 0.1) is 33.3 Å². The van der Waals surface area contributed by atoms with Gasteiger partial charge in [-0.15, -0.1) is 0 Å². The smallest absolute Gasteiger partial charge is 0.0716 e. The number of fused-ring (bicyclic) bond motifs is 7. The molecule has 0 amide bonds. The Labute approximate surface area is 346 Å². The number of nitrogens with zero attached hydrogens (tertiary/aromatic N) is 4. The van der Waals surface area contributed by atoms with Gasteiger partial charge in [-0.2, -0.15) is 0 Å². The van der Waals surface area contributed by atoms with Gasteiger partial charge in [-0.25, -0.2) is 4.98 Å². The molecule has 0 saturated heterocycles. The van der Waals surface area contributed by atoms with E-state index >= 15 is 0 Å². The largest absolute Gasteiger partial charge is 0.309 e. The van der Waals surface area contributed by atoms with E-state index in [0.717, 1.165) is 61.4 Å². The van der Waals surface area contributed by atoms with Crippen LogP contribution in [-0.4, -0.2) is 19.1 Å². The normalized spacial score (nSPS) is 11.7. The van der Waals surface area contributed by atoms with E-state index in [1.54, 1.807) is 0 Å². The van der Waals surface area contributed by atoms with Crippen molar-refractivity contribution in [2.45, 2.75) is 0 Å². The Morgan fingerprint density at radius 1 is 0.317 bits per heavy atom. The van der Waals surface area contributed by atoms with Gasteiger partial charge in [-0.05, 0) is 119 Å². The predicted molar refractivity (Wildman–Crippen MR) is 250 cm³/mol. The van der Waals surface area contributed by atoms with E-state index < -0.39 is 0 Å². The predicted octanol–water partition coefficient (Wildman–Crippen LogP) is 14.5. The minimum Gasteiger partial charge on any atom is -0.309 e. The van der Waals surface area contributed by atoms with Crippen molar-refractivity contribution in [1.29, 1.82) is 0 Å². The molecule has 12 rings (SSSR count). The minimum atomic E-state index is 0.936. The lowest BCUT2D eigenvalue weighted by Gasteiger charge is -2.14.